The smallest absolute Gasteiger partial charge is 0.244 e. The summed E-state index contributed by atoms with van der Waals surface area (Å²) in [6.45, 7) is 4.83. The SMILES string of the molecule is C[C@@H](C(=O)N1CCCc2ccccc21)N1CCC(c2ccn[nH]2)CC1. The molecule has 2 aliphatic heterocycles. The molecule has 4 rings (SSSR count). The quantitative estimate of drug-likeness (QED) is 0.936. The minimum atomic E-state index is -0.0612. The van der Waals surface area contributed by atoms with Gasteiger partial charge in [0.25, 0.3) is 0 Å². The van der Waals surface area contributed by atoms with E-state index < -0.39 is 0 Å². The zero-order chi connectivity index (χ0) is 17.2. The first-order chi connectivity index (χ1) is 12.2. The lowest BCUT2D eigenvalue weighted by Gasteiger charge is -2.38. The van der Waals surface area contributed by atoms with Crippen molar-refractivity contribution in [3.63, 3.8) is 0 Å². The van der Waals surface area contributed by atoms with Crippen molar-refractivity contribution >= 4 is 11.6 Å². The van der Waals surface area contributed by atoms with Crippen LogP contribution >= 0.6 is 0 Å². The number of fused-ring (bicyclic) bond motifs is 1. The molecule has 2 aliphatic rings. The maximum Gasteiger partial charge on any atom is 0.244 e. The number of para-hydroxylation sites is 1. The zero-order valence-electron chi connectivity index (χ0n) is 14.8. The van der Waals surface area contributed by atoms with Gasteiger partial charge in [0.1, 0.15) is 0 Å². The van der Waals surface area contributed by atoms with Gasteiger partial charge in [0.05, 0.1) is 6.04 Å². The van der Waals surface area contributed by atoms with Crippen molar-refractivity contribution in [3.8, 4) is 0 Å². The molecule has 5 heteroatoms. The molecule has 1 fully saturated rings. The molecule has 2 aromatic rings. The maximum atomic E-state index is 13.1. The largest absolute Gasteiger partial charge is 0.311 e. The molecular formula is C20H26N4O. The number of aryl methyl sites for hydroxylation is 1. The van der Waals surface area contributed by atoms with Crippen LogP contribution in [0.15, 0.2) is 36.5 Å². The standard InChI is InChI=1S/C20H26N4O/c1-15(23-13-9-16(10-14-23)18-8-11-21-22-18)20(25)24-12-4-6-17-5-2-3-7-19(17)24/h2-3,5,7-8,11,15-16H,4,6,9-10,12-14H2,1H3,(H,21,22)/t15-/m0/s1. The second-order valence-corrected chi connectivity index (χ2v) is 7.22. The van der Waals surface area contributed by atoms with Gasteiger partial charge >= 0.3 is 0 Å². The van der Waals surface area contributed by atoms with Crippen LogP contribution in [0.25, 0.3) is 0 Å². The number of carbonyl (C=O) groups excluding carboxylic acids is 1. The van der Waals surface area contributed by atoms with Gasteiger partial charge in [-0.15, -0.1) is 0 Å². The van der Waals surface area contributed by atoms with E-state index in [1.807, 2.05) is 17.2 Å². The van der Waals surface area contributed by atoms with Gasteiger partial charge in [-0.3, -0.25) is 14.8 Å². The number of anilines is 1. The van der Waals surface area contributed by atoms with Crippen LogP contribution in [0.3, 0.4) is 0 Å². The predicted octanol–water partition coefficient (Wildman–Crippen LogP) is 2.96. The molecule has 0 spiro atoms. The van der Waals surface area contributed by atoms with Crippen LogP contribution in [0.2, 0.25) is 0 Å². The van der Waals surface area contributed by atoms with Crippen LogP contribution in [-0.2, 0) is 11.2 Å². The average molecular weight is 338 g/mol. The Labute approximate surface area is 149 Å². The fourth-order valence-corrected chi connectivity index (χ4v) is 4.24. The number of hydrogen-bond acceptors (Lipinski definition) is 3. The number of likely N-dealkylation sites (tertiary alicyclic amines) is 1. The molecule has 1 atom stereocenters. The van der Waals surface area contributed by atoms with E-state index in [0.717, 1.165) is 51.0 Å². The van der Waals surface area contributed by atoms with Gasteiger partial charge in [0.15, 0.2) is 0 Å². The lowest BCUT2D eigenvalue weighted by atomic mass is 9.92. The Morgan fingerprint density at radius 1 is 1.20 bits per heavy atom. The molecule has 25 heavy (non-hydrogen) atoms. The summed E-state index contributed by atoms with van der Waals surface area (Å²) in [4.78, 5) is 17.5. The number of rotatable bonds is 3. The lowest BCUT2D eigenvalue weighted by molar-refractivity contribution is -0.123. The first-order valence-corrected chi connectivity index (χ1v) is 9.36. The van der Waals surface area contributed by atoms with Crippen molar-refractivity contribution in [1.82, 2.24) is 15.1 Å². The fourth-order valence-electron chi connectivity index (χ4n) is 4.24. The number of carbonyl (C=O) groups is 1. The van der Waals surface area contributed by atoms with Gasteiger partial charge in [0, 0.05) is 30.0 Å². The average Bonchev–Trinajstić information content (AvgIpc) is 3.21. The summed E-state index contributed by atoms with van der Waals surface area (Å²) in [6, 6.07) is 10.3. The van der Waals surface area contributed by atoms with E-state index in [1.54, 1.807) is 0 Å². The number of nitrogens with one attached hydrogen (secondary N) is 1. The molecule has 0 aliphatic carbocycles. The topological polar surface area (TPSA) is 52.2 Å². The van der Waals surface area contributed by atoms with Crippen LogP contribution in [0.1, 0.15) is 43.4 Å². The number of aromatic amines is 1. The first kappa shape index (κ1) is 16.3. The third-order valence-corrected chi connectivity index (χ3v) is 5.77. The van der Waals surface area contributed by atoms with Gasteiger partial charge in [0.2, 0.25) is 5.91 Å². The monoisotopic (exact) mass is 338 g/mol. The number of nitrogens with zero attached hydrogens (tertiary/aromatic N) is 3. The summed E-state index contributed by atoms with van der Waals surface area (Å²) < 4.78 is 0. The Bertz CT molecular complexity index is 719. The van der Waals surface area contributed by atoms with Crippen molar-refractivity contribution in [2.45, 2.75) is 44.6 Å². The highest BCUT2D eigenvalue weighted by atomic mass is 16.2. The number of hydrogen-bond donors (Lipinski definition) is 1. The van der Waals surface area contributed by atoms with Crippen LogP contribution in [-0.4, -0.2) is 46.7 Å². The molecular weight excluding hydrogens is 312 g/mol. The van der Waals surface area contributed by atoms with Crippen LogP contribution < -0.4 is 4.90 Å². The molecule has 1 N–H and O–H groups in total. The minimum Gasteiger partial charge on any atom is -0.311 e. The van der Waals surface area contributed by atoms with Crippen molar-refractivity contribution in [1.29, 1.82) is 0 Å². The summed E-state index contributed by atoms with van der Waals surface area (Å²) >= 11 is 0. The van der Waals surface area contributed by atoms with E-state index in [0.29, 0.717) is 5.92 Å². The van der Waals surface area contributed by atoms with Gasteiger partial charge < -0.3 is 4.90 Å². The highest BCUT2D eigenvalue weighted by molar-refractivity contribution is 5.98. The fraction of sp³-hybridized carbons (Fsp3) is 0.500. The molecule has 132 valence electrons. The van der Waals surface area contributed by atoms with Crippen molar-refractivity contribution in [3.05, 3.63) is 47.8 Å². The van der Waals surface area contributed by atoms with Gasteiger partial charge in [-0.2, -0.15) is 5.10 Å². The number of aromatic nitrogens is 2. The van der Waals surface area contributed by atoms with E-state index >= 15 is 0 Å². The molecule has 0 unspecified atom stereocenters. The third kappa shape index (κ3) is 3.21. The molecule has 1 aromatic carbocycles. The van der Waals surface area contributed by atoms with Crippen LogP contribution in [0.5, 0.6) is 0 Å². The normalized spacial score (nSPS) is 20.3. The Hall–Kier alpha value is -2.14. The van der Waals surface area contributed by atoms with Gasteiger partial charge in [-0.05, 0) is 63.4 Å². The van der Waals surface area contributed by atoms with E-state index in [-0.39, 0.29) is 11.9 Å². The molecule has 0 saturated carbocycles. The summed E-state index contributed by atoms with van der Waals surface area (Å²) in [5, 5.41) is 7.16. The molecule has 1 saturated heterocycles. The molecule has 1 amide bonds. The Kier molecular flexibility index (Phi) is 4.57. The van der Waals surface area contributed by atoms with Gasteiger partial charge in [-0.25, -0.2) is 0 Å². The number of piperidine rings is 1. The van der Waals surface area contributed by atoms with E-state index in [9.17, 15) is 4.79 Å². The maximum absolute atomic E-state index is 13.1. The Morgan fingerprint density at radius 2 is 2.00 bits per heavy atom. The highest BCUT2D eigenvalue weighted by Crippen LogP contribution is 2.30. The second-order valence-electron chi connectivity index (χ2n) is 7.22. The van der Waals surface area contributed by atoms with Crippen molar-refractivity contribution in [2.75, 3.05) is 24.5 Å². The number of benzene rings is 1. The Morgan fingerprint density at radius 3 is 2.76 bits per heavy atom. The van der Waals surface area contributed by atoms with E-state index in [1.165, 1.54) is 11.3 Å². The number of H-pyrrole nitrogens is 1. The summed E-state index contributed by atoms with van der Waals surface area (Å²) in [6.07, 6.45) is 6.11. The van der Waals surface area contributed by atoms with E-state index in [2.05, 4.69) is 46.3 Å². The summed E-state index contributed by atoms with van der Waals surface area (Å²) in [5.41, 5.74) is 3.63. The lowest BCUT2D eigenvalue weighted by Crippen LogP contribution is -2.50. The molecule has 5 nitrogen and oxygen atoms in total. The van der Waals surface area contributed by atoms with Gasteiger partial charge in [-0.1, -0.05) is 18.2 Å². The van der Waals surface area contributed by atoms with E-state index in [4.69, 9.17) is 0 Å². The first-order valence-electron chi connectivity index (χ1n) is 9.36. The highest BCUT2D eigenvalue weighted by Gasteiger charge is 2.32. The molecule has 0 radical (unpaired) electrons. The van der Waals surface area contributed by atoms with Crippen LogP contribution in [0.4, 0.5) is 5.69 Å². The predicted molar refractivity (Wildman–Crippen MR) is 98.7 cm³/mol. The summed E-state index contributed by atoms with van der Waals surface area (Å²) in [5.74, 6) is 0.781. The second kappa shape index (κ2) is 7.00. The Balaban J connectivity index is 1.42. The molecule has 0 bridgehead atoms. The van der Waals surface area contributed by atoms with Crippen molar-refractivity contribution in [2.24, 2.45) is 0 Å². The molecule has 3 heterocycles. The zero-order valence-corrected chi connectivity index (χ0v) is 14.8. The van der Waals surface area contributed by atoms with Crippen molar-refractivity contribution < 1.29 is 4.79 Å². The van der Waals surface area contributed by atoms with Crippen LogP contribution in [0, 0.1) is 0 Å². The third-order valence-electron chi connectivity index (χ3n) is 5.77. The molecule has 1 aromatic heterocycles. The number of amides is 1. The summed E-state index contributed by atoms with van der Waals surface area (Å²) in [7, 11) is 0. The minimum absolute atomic E-state index is 0.0612.